The van der Waals surface area contributed by atoms with E-state index in [9.17, 15) is 4.79 Å². The molecular formula is C22H22ClN3O2. The Kier molecular flexibility index (Phi) is 6.87. The fraction of sp³-hybridized carbons (Fsp3) is 0.182. The predicted molar refractivity (Wildman–Crippen MR) is 113 cm³/mol. The molecule has 1 heterocycles. The Balaban J connectivity index is 1.42. The number of anilines is 2. The second-order valence-electron chi connectivity index (χ2n) is 6.39. The van der Waals surface area contributed by atoms with E-state index in [4.69, 9.17) is 16.3 Å². The predicted octanol–water partition coefficient (Wildman–Crippen LogP) is 4.72. The van der Waals surface area contributed by atoms with Gasteiger partial charge >= 0.3 is 0 Å². The molecule has 0 aliphatic carbocycles. The summed E-state index contributed by atoms with van der Waals surface area (Å²) in [6, 6.07) is 19.0. The Labute approximate surface area is 169 Å². The molecule has 0 aliphatic rings. The van der Waals surface area contributed by atoms with E-state index >= 15 is 0 Å². The van der Waals surface area contributed by atoms with Crippen LogP contribution in [0.1, 0.15) is 11.1 Å². The molecule has 144 valence electrons. The maximum Gasteiger partial charge on any atom is 0.263 e. The van der Waals surface area contributed by atoms with Crippen LogP contribution < -0.4 is 15.4 Å². The van der Waals surface area contributed by atoms with Crippen molar-refractivity contribution in [2.45, 2.75) is 13.3 Å². The zero-order chi connectivity index (χ0) is 19.8. The summed E-state index contributed by atoms with van der Waals surface area (Å²) >= 11 is 5.99. The molecule has 3 rings (SSSR count). The van der Waals surface area contributed by atoms with Crippen LogP contribution in [0.25, 0.3) is 0 Å². The molecule has 0 saturated carbocycles. The van der Waals surface area contributed by atoms with E-state index in [1.807, 2.05) is 61.5 Å². The van der Waals surface area contributed by atoms with Crippen LogP contribution in [0.4, 0.5) is 11.5 Å². The van der Waals surface area contributed by atoms with Gasteiger partial charge in [0.05, 0.1) is 11.9 Å². The summed E-state index contributed by atoms with van der Waals surface area (Å²) in [6.07, 6.45) is 2.55. The largest absolute Gasteiger partial charge is 0.484 e. The lowest BCUT2D eigenvalue weighted by Crippen LogP contribution is -2.20. The fourth-order valence-corrected chi connectivity index (χ4v) is 2.79. The Hall–Kier alpha value is -3.05. The first-order valence-corrected chi connectivity index (χ1v) is 9.40. The molecule has 1 aromatic heterocycles. The van der Waals surface area contributed by atoms with Gasteiger partial charge in [-0.2, -0.15) is 0 Å². The number of amides is 1. The van der Waals surface area contributed by atoms with E-state index in [1.165, 1.54) is 5.56 Å². The number of rotatable bonds is 8. The van der Waals surface area contributed by atoms with Gasteiger partial charge in [-0.1, -0.05) is 41.4 Å². The minimum absolute atomic E-state index is 0.0651. The van der Waals surface area contributed by atoms with Crippen molar-refractivity contribution in [3.63, 3.8) is 0 Å². The van der Waals surface area contributed by atoms with Crippen LogP contribution in [0.2, 0.25) is 5.02 Å². The molecule has 3 aromatic rings. The number of hydrogen-bond acceptors (Lipinski definition) is 4. The minimum Gasteiger partial charge on any atom is -0.484 e. The minimum atomic E-state index is -0.255. The van der Waals surface area contributed by atoms with Crippen molar-refractivity contribution < 1.29 is 9.53 Å². The van der Waals surface area contributed by atoms with Crippen LogP contribution in [-0.2, 0) is 11.2 Å². The van der Waals surface area contributed by atoms with Gasteiger partial charge in [0.25, 0.3) is 5.91 Å². The highest BCUT2D eigenvalue weighted by Crippen LogP contribution is 2.14. The second kappa shape index (κ2) is 9.76. The molecule has 0 radical (unpaired) electrons. The molecule has 0 unspecified atom stereocenters. The highest BCUT2D eigenvalue weighted by molar-refractivity contribution is 6.30. The first-order chi connectivity index (χ1) is 13.6. The second-order valence-corrected chi connectivity index (χ2v) is 6.83. The fourth-order valence-electron chi connectivity index (χ4n) is 2.58. The SMILES string of the molecule is Cc1ccc(OCC(=O)Nc2ccc(NCCc3cccc(Cl)c3)cn2)cc1. The molecule has 0 bridgehead atoms. The van der Waals surface area contributed by atoms with Gasteiger partial charge < -0.3 is 15.4 Å². The number of carbonyl (C=O) groups excluding carboxylic acids is 1. The number of aromatic nitrogens is 1. The van der Waals surface area contributed by atoms with Crippen LogP contribution >= 0.6 is 11.6 Å². The number of nitrogens with one attached hydrogen (secondary N) is 2. The van der Waals surface area contributed by atoms with Crippen molar-refractivity contribution in [3.05, 3.63) is 83.0 Å². The summed E-state index contributed by atoms with van der Waals surface area (Å²) in [5.74, 6) is 0.889. The van der Waals surface area contributed by atoms with E-state index in [2.05, 4.69) is 15.6 Å². The summed E-state index contributed by atoms with van der Waals surface area (Å²) < 4.78 is 5.46. The molecule has 2 N–H and O–H groups in total. The van der Waals surface area contributed by atoms with Crippen molar-refractivity contribution in [2.75, 3.05) is 23.8 Å². The maximum absolute atomic E-state index is 12.0. The molecule has 6 heteroatoms. The molecule has 0 atom stereocenters. The molecule has 0 saturated heterocycles. The zero-order valence-electron chi connectivity index (χ0n) is 15.6. The van der Waals surface area contributed by atoms with Gasteiger partial charge in [0.1, 0.15) is 11.6 Å². The van der Waals surface area contributed by atoms with Crippen molar-refractivity contribution in [2.24, 2.45) is 0 Å². The number of ether oxygens (including phenoxy) is 1. The van der Waals surface area contributed by atoms with Crippen LogP contribution in [0.5, 0.6) is 5.75 Å². The smallest absolute Gasteiger partial charge is 0.263 e. The van der Waals surface area contributed by atoms with Gasteiger partial charge in [-0.25, -0.2) is 4.98 Å². The lowest BCUT2D eigenvalue weighted by molar-refractivity contribution is -0.118. The number of pyridine rings is 1. The molecule has 0 aliphatic heterocycles. The summed E-state index contributed by atoms with van der Waals surface area (Å²) in [5, 5.41) is 6.76. The molecule has 28 heavy (non-hydrogen) atoms. The van der Waals surface area contributed by atoms with Gasteiger partial charge in [0.2, 0.25) is 0 Å². The van der Waals surface area contributed by atoms with E-state index < -0.39 is 0 Å². The Bertz CT molecular complexity index is 912. The molecule has 0 fully saturated rings. The number of halogens is 1. The number of aryl methyl sites for hydroxylation is 1. The Morgan fingerprint density at radius 3 is 2.64 bits per heavy atom. The first-order valence-electron chi connectivity index (χ1n) is 9.02. The molecule has 2 aromatic carbocycles. The third-order valence-corrected chi connectivity index (χ3v) is 4.29. The van der Waals surface area contributed by atoms with E-state index in [1.54, 1.807) is 12.3 Å². The standard InChI is InChI=1S/C22H22ClN3O2/c1-16-5-8-20(9-6-16)28-15-22(27)26-21-10-7-19(14-25-21)24-12-11-17-3-2-4-18(23)13-17/h2-10,13-14,24H,11-12,15H2,1H3,(H,25,26,27). The topological polar surface area (TPSA) is 63.2 Å². The third-order valence-electron chi connectivity index (χ3n) is 4.05. The van der Waals surface area contributed by atoms with E-state index in [-0.39, 0.29) is 12.5 Å². The maximum atomic E-state index is 12.0. The summed E-state index contributed by atoms with van der Waals surface area (Å²) in [5.41, 5.74) is 3.20. The van der Waals surface area contributed by atoms with Crippen molar-refractivity contribution >= 4 is 29.0 Å². The van der Waals surface area contributed by atoms with Crippen molar-refractivity contribution in [1.29, 1.82) is 0 Å². The van der Waals surface area contributed by atoms with Crippen molar-refractivity contribution in [1.82, 2.24) is 4.98 Å². The molecule has 0 spiro atoms. The normalized spacial score (nSPS) is 10.4. The average Bonchev–Trinajstić information content (AvgIpc) is 2.69. The number of carbonyl (C=O) groups is 1. The van der Waals surface area contributed by atoms with E-state index in [0.717, 1.165) is 29.2 Å². The third kappa shape index (κ3) is 6.28. The van der Waals surface area contributed by atoms with E-state index in [0.29, 0.717) is 11.6 Å². The van der Waals surface area contributed by atoms with Crippen molar-refractivity contribution in [3.8, 4) is 5.75 Å². The van der Waals surface area contributed by atoms with Crippen LogP contribution in [-0.4, -0.2) is 24.0 Å². The average molecular weight is 396 g/mol. The van der Waals surface area contributed by atoms with Crippen LogP contribution in [0, 0.1) is 6.92 Å². The Morgan fingerprint density at radius 2 is 1.93 bits per heavy atom. The molecule has 1 amide bonds. The summed E-state index contributed by atoms with van der Waals surface area (Å²) in [7, 11) is 0. The lowest BCUT2D eigenvalue weighted by Gasteiger charge is -2.09. The molecule has 5 nitrogen and oxygen atoms in total. The first kappa shape index (κ1) is 19.7. The quantitative estimate of drug-likeness (QED) is 0.579. The highest BCUT2D eigenvalue weighted by Gasteiger charge is 2.05. The van der Waals surface area contributed by atoms with Gasteiger partial charge in [-0.3, -0.25) is 4.79 Å². The van der Waals surface area contributed by atoms with Crippen LogP contribution in [0.15, 0.2) is 66.9 Å². The van der Waals surface area contributed by atoms with Gasteiger partial charge in [-0.15, -0.1) is 0 Å². The highest BCUT2D eigenvalue weighted by atomic mass is 35.5. The molecular weight excluding hydrogens is 374 g/mol. The number of benzene rings is 2. The van der Waals surface area contributed by atoms with Gasteiger partial charge in [0.15, 0.2) is 6.61 Å². The lowest BCUT2D eigenvalue weighted by atomic mass is 10.1. The monoisotopic (exact) mass is 395 g/mol. The van der Waals surface area contributed by atoms with Gasteiger partial charge in [-0.05, 0) is 55.3 Å². The number of hydrogen-bond donors (Lipinski definition) is 2. The summed E-state index contributed by atoms with van der Waals surface area (Å²) in [6.45, 7) is 2.69. The number of nitrogens with zero attached hydrogens (tertiary/aromatic N) is 1. The zero-order valence-corrected chi connectivity index (χ0v) is 16.4. The van der Waals surface area contributed by atoms with Crippen LogP contribution in [0.3, 0.4) is 0 Å². The Morgan fingerprint density at radius 1 is 1.11 bits per heavy atom. The summed E-state index contributed by atoms with van der Waals surface area (Å²) in [4.78, 5) is 16.2. The van der Waals surface area contributed by atoms with Gasteiger partial charge in [0, 0.05) is 11.6 Å².